The van der Waals surface area contributed by atoms with Gasteiger partial charge >= 0.3 is 5.97 Å². The average molecular weight is 305 g/mol. The summed E-state index contributed by atoms with van der Waals surface area (Å²) in [7, 11) is 0. The van der Waals surface area contributed by atoms with Gasteiger partial charge in [-0.2, -0.15) is 0 Å². The van der Waals surface area contributed by atoms with Crippen molar-refractivity contribution in [2.75, 3.05) is 0 Å². The lowest BCUT2D eigenvalue weighted by Gasteiger charge is -2.17. The third-order valence-corrected chi connectivity index (χ3v) is 3.78. The first-order chi connectivity index (χ1) is 11.1. The Labute approximate surface area is 133 Å². The SMILES string of the molecule is O=C(O)c1cccc(C2C=CN=C(Cc3ccccc3)C2=O)c1. The zero-order valence-electron chi connectivity index (χ0n) is 12.3. The van der Waals surface area contributed by atoms with Crippen LogP contribution in [0.2, 0.25) is 0 Å². The minimum atomic E-state index is -1.00. The third-order valence-electron chi connectivity index (χ3n) is 3.78. The highest BCUT2D eigenvalue weighted by Gasteiger charge is 2.25. The van der Waals surface area contributed by atoms with Crippen molar-refractivity contribution in [1.82, 2.24) is 0 Å². The monoisotopic (exact) mass is 305 g/mol. The van der Waals surface area contributed by atoms with Crippen LogP contribution in [0.3, 0.4) is 0 Å². The molecule has 1 N–H and O–H groups in total. The number of carbonyl (C=O) groups is 2. The summed E-state index contributed by atoms with van der Waals surface area (Å²) in [5.41, 5.74) is 2.36. The Morgan fingerprint density at radius 3 is 2.61 bits per heavy atom. The fraction of sp³-hybridized carbons (Fsp3) is 0.105. The summed E-state index contributed by atoms with van der Waals surface area (Å²) >= 11 is 0. The second kappa shape index (κ2) is 6.40. The predicted molar refractivity (Wildman–Crippen MR) is 87.9 cm³/mol. The molecule has 0 saturated heterocycles. The molecule has 0 radical (unpaired) electrons. The van der Waals surface area contributed by atoms with Gasteiger partial charge in [-0.15, -0.1) is 0 Å². The van der Waals surface area contributed by atoms with Gasteiger partial charge in [-0.25, -0.2) is 4.79 Å². The summed E-state index contributed by atoms with van der Waals surface area (Å²) in [6, 6.07) is 16.2. The summed E-state index contributed by atoms with van der Waals surface area (Å²) in [5.74, 6) is -1.57. The smallest absolute Gasteiger partial charge is 0.335 e. The molecule has 114 valence electrons. The molecule has 0 aromatic heterocycles. The maximum Gasteiger partial charge on any atom is 0.335 e. The number of rotatable bonds is 4. The number of nitrogens with zero attached hydrogens (tertiary/aromatic N) is 1. The van der Waals surface area contributed by atoms with E-state index in [2.05, 4.69) is 4.99 Å². The Balaban J connectivity index is 1.85. The minimum absolute atomic E-state index is 0.0844. The van der Waals surface area contributed by atoms with Crippen LogP contribution in [-0.4, -0.2) is 22.6 Å². The van der Waals surface area contributed by atoms with Crippen LogP contribution in [0.4, 0.5) is 0 Å². The molecular weight excluding hydrogens is 290 g/mol. The van der Waals surface area contributed by atoms with Crippen molar-refractivity contribution < 1.29 is 14.7 Å². The molecule has 4 nitrogen and oxygen atoms in total. The van der Waals surface area contributed by atoms with E-state index in [4.69, 9.17) is 5.11 Å². The summed E-state index contributed by atoms with van der Waals surface area (Å²) in [5, 5.41) is 9.09. The first kappa shape index (κ1) is 14.9. The molecule has 0 bridgehead atoms. The summed E-state index contributed by atoms with van der Waals surface area (Å²) in [6.07, 6.45) is 3.80. The molecule has 0 amide bonds. The van der Waals surface area contributed by atoms with E-state index in [1.165, 1.54) is 6.07 Å². The summed E-state index contributed by atoms with van der Waals surface area (Å²) < 4.78 is 0. The van der Waals surface area contributed by atoms with Crippen molar-refractivity contribution in [3.05, 3.63) is 83.6 Å². The highest BCUT2D eigenvalue weighted by molar-refractivity contribution is 6.43. The van der Waals surface area contributed by atoms with Crippen LogP contribution >= 0.6 is 0 Å². The second-order valence-electron chi connectivity index (χ2n) is 5.35. The van der Waals surface area contributed by atoms with E-state index in [0.717, 1.165) is 5.56 Å². The van der Waals surface area contributed by atoms with Gasteiger partial charge < -0.3 is 5.11 Å². The normalized spacial score (nSPS) is 17.0. The summed E-state index contributed by atoms with van der Waals surface area (Å²) in [6.45, 7) is 0. The van der Waals surface area contributed by atoms with Crippen molar-refractivity contribution in [3.8, 4) is 0 Å². The Hall–Kier alpha value is -3.01. The van der Waals surface area contributed by atoms with Crippen LogP contribution in [0.1, 0.15) is 27.4 Å². The number of aliphatic imine (C=N–C) groups is 1. The lowest BCUT2D eigenvalue weighted by atomic mass is 9.88. The Bertz CT molecular complexity index is 806. The number of hydrogen-bond donors (Lipinski definition) is 1. The zero-order chi connectivity index (χ0) is 16.2. The zero-order valence-corrected chi connectivity index (χ0v) is 12.3. The van der Waals surface area contributed by atoms with E-state index < -0.39 is 11.9 Å². The topological polar surface area (TPSA) is 66.7 Å². The van der Waals surface area contributed by atoms with Gasteiger partial charge in [0.1, 0.15) is 0 Å². The molecule has 1 aliphatic rings. The van der Waals surface area contributed by atoms with Gasteiger partial charge in [0.2, 0.25) is 0 Å². The number of carbonyl (C=O) groups excluding carboxylic acids is 1. The molecule has 0 fully saturated rings. The van der Waals surface area contributed by atoms with E-state index in [1.54, 1.807) is 30.5 Å². The Morgan fingerprint density at radius 2 is 1.87 bits per heavy atom. The van der Waals surface area contributed by atoms with Crippen LogP contribution < -0.4 is 0 Å². The van der Waals surface area contributed by atoms with Gasteiger partial charge in [-0.3, -0.25) is 9.79 Å². The Kier molecular flexibility index (Phi) is 4.15. The maximum absolute atomic E-state index is 12.7. The molecule has 1 atom stereocenters. The van der Waals surface area contributed by atoms with Gasteiger partial charge in [-0.1, -0.05) is 48.5 Å². The number of ketones is 1. The van der Waals surface area contributed by atoms with E-state index in [1.807, 2.05) is 30.3 Å². The molecule has 3 rings (SSSR count). The molecule has 0 aliphatic carbocycles. The van der Waals surface area contributed by atoms with Crippen LogP contribution in [0.25, 0.3) is 0 Å². The van der Waals surface area contributed by atoms with E-state index in [9.17, 15) is 9.59 Å². The lowest BCUT2D eigenvalue weighted by molar-refractivity contribution is -0.113. The van der Waals surface area contributed by atoms with Gasteiger partial charge in [0.05, 0.1) is 17.2 Å². The predicted octanol–water partition coefficient (Wildman–Crippen LogP) is 3.25. The second-order valence-corrected chi connectivity index (χ2v) is 5.35. The van der Waals surface area contributed by atoms with E-state index >= 15 is 0 Å². The minimum Gasteiger partial charge on any atom is -0.478 e. The van der Waals surface area contributed by atoms with Crippen molar-refractivity contribution in [2.45, 2.75) is 12.3 Å². The van der Waals surface area contributed by atoms with Crippen LogP contribution in [0, 0.1) is 0 Å². The third kappa shape index (κ3) is 3.26. The fourth-order valence-corrected chi connectivity index (χ4v) is 2.60. The molecular formula is C19H15NO3. The standard InChI is InChI=1S/C19H15NO3/c21-18-16(14-7-4-8-15(12-14)19(22)23)9-10-20-17(18)11-13-5-2-1-3-6-13/h1-10,12,16H,11H2,(H,22,23). The molecule has 2 aromatic rings. The Morgan fingerprint density at radius 1 is 1.09 bits per heavy atom. The van der Waals surface area contributed by atoms with Crippen molar-refractivity contribution in [2.24, 2.45) is 4.99 Å². The largest absolute Gasteiger partial charge is 0.478 e. The molecule has 0 saturated carbocycles. The van der Waals surface area contributed by atoms with Gasteiger partial charge in [0.15, 0.2) is 5.78 Å². The van der Waals surface area contributed by atoms with Crippen molar-refractivity contribution in [1.29, 1.82) is 0 Å². The number of carboxylic acids is 1. The van der Waals surface area contributed by atoms with Crippen LogP contribution in [-0.2, 0) is 11.2 Å². The van der Waals surface area contributed by atoms with Crippen molar-refractivity contribution in [3.63, 3.8) is 0 Å². The fourth-order valence-electron chi connectivity index (χ4n) is 2.60. The highest BCUT2D eigenvalue weighted by Crippen LogP contribution is 2.24. The lowest BCUT2D eigenvalue weighted by Crippen LogP contribution is -2.25. The average Bonchev–Trinajstić information content (AvgIpc) is 2.58. The number of benzene rings is 2. The first-order valence-electron chi connectivity index (χ1n) is 7.30. The maximum atomic E-state index is 12.7. The number of carboxylic acid groups (broad SMARTS) is 1. The number of hydrogen-bond acceptors (Lipinski definition) is 3. The van der Waals surface area contributed by atoms with Gasteiger partial charge in [0.25, 0.3) is 0 Å². The molecule has 1 aliphatic heterocycles. The van der Waals surface area contributed by atoms with Gasteiger partial charge in [0, 0.05) is 12.6 Å². The number of Topliss-reactive ketones (excluding diaryl/α,β-unsaturated/α-hetero) is 1. The van der Waals surface area contributed by atoms with Crippen molar-refractivity contribution >= 4 is 17.5 Å². The van der Waals surface area contributed by atoms with Gasteiger partial charge in [-0.05, 0) is 23.3 Å². The quantitative estimate of drug-likeness (QED) is 0.943. The molecule has 1 unspecified atom stereocenters. The van der Waals surface area contributed by atoms with E-state index in [-0.39, 0.29) is 11.3 Å². The number of allylic oxidation sites excluding steroid dienone is 1. The molecule has 2 aromatic carbocycles. The molecule has 4 heteroatoms. The number of aromatic carboxylic acids is 1. The van der Waals surface area contributed by atoms with E-state index in [0.29, 0.717) is 17.7 Å². The van der Waals surface area contributed by atoms with Crippen LogP contribution in [0.5, 0.6) is 0 Å². The molecule has 1 heterocycles. The highest BCUT2D eigenvalue weighted by atomic mass is 16.4. The van der Waals surface area contributed by atoms with Crippen LogP contribution in [0.15, 0.2) is 71.9 Å². The summed E-state index contributed by atoms with van der Waals surface area (Å²) in [4.78, 5) is 28.0. The first-order valence-corrected chi connectivity index (χ1v) is 7.30. The molecule has 23 heavy (non-hydrogen) atoms. The molecule has 0 spiro atoms.